The fourth-order valence-electron chi connectivity index (χ4n) is 3.58. The highest BCUT2D eigenvalue weighted by atomic mass is 16.5. The third-order valence-corrected chi connectivity index (χ3v) is 5.89. The molecule has 7 nitrogen and oxygen atoms in total. The van der Waals surface area contributed by atoms with E-state index in [0.29, 0.717) is 13.1 Å². The fourth-order valence-corrected chi connectivity index (χ4v) is 3.58. The summed E-state index contributed by atoms with van der Waals surface area (Å²) in [6.45, 7) is 11.8. The second-order valence-corrected chi connectivity index (χ2v) is 8.54. The van der Waals surface area contributed by atoms with E-state index in [4.69, 9.17) is 4.74 Å². The van der Waals surface area contributed by atoms with E-state index in [1.807, 2.05) is 6.20 Å². The van der Waals surface area contributed by atoms with Gasteiger partial charge in [0.05, 0.1) is 6.10 Å². The van der Waals surface area contributed by atoms with Gasteiger partial charge in [0.1, 0.15) is 11.6 Å². The number of hydrogen-bond donors (Lipinski definition) is 2. The van der Waals surface area contributed by atoms with Crippen LogP contribution in [0.15, 0.2) is 41.5 Å². The van der Waals surface area contributed by atoms with E-state index in [-0.39, 0.29) is 6.10 Å². The lowest BCUT2D eigenvalue weighted by atomic mass is 10.1. The molecule has 1 aromatic carbocycles. The number of guanidine groups is 1. The molecule has 3 rings (SSSR count). The van der Waals surface area contributed by atoms with E-state index in [2.05, 4.69) is 88.6 Å². The van der Waals surface area contributed by atoms with Crippen molar-refractivity contribution in [2.45, 2.75) is 46.4 Å². The molecule has 1 aliphatic rings. The van der Waals surface area contributed by atoms with Crippen molar-refractivity contribution >= 4 is 11.8 Å². The largest absolute Gasteiger partial charge is 0.490 e. The standard InChI is InChI=1S/C25H38N6O/c1-6-20(3)32-23-15-19(2)7-8-22(23)18-29-25(26-4)28-17-21-9-10-27-24(16-21)31-13-11-30(5)12-14-31/h7-10,15-16,20H,6,11-14,17-18H2,1-5H3,(H2,26,28,29). The molecule has 2 heterocycles. The monoisotopic (exact) mass is 438 g/mol. The number of aliphatic imine (C=N–C) groups is 1. The van der Waals surface area contributed by atoms with E-state index >= 15 is 0 Å². The summed E-state index contributed by atoms with van der Waals surface area (Å²) >= 11 is 0. The molecule has 1 atom stereocenters. The Balaban J connectivity index is 1.56. The van der Waals surface area contributed by atoms with Crippen LogP contribution in [0.4, 0.5) is 5.82 Å². The number of likely N-dealkylation sites (N-methyl/N-ethyl adjacent to an activating group) is 1. The number of aromatic nitrogens is 1. The van der Waals surface area contributed by atoms with Gasteiger partial charge in [0.2, 0.25) is 0 Å². The lowest BCUT2D eigenvalue weighted by Crippen LogP contribution is -2.44. The van der Waals surface area contributed by atoms with Crippen LogP contribution >= 0.6 is 0 Å². The molecule has 0 radical (unpaired) electrons. The molecule has 2 aromatic rings. The zero-order chi connectivity index (χ0) is 22.9. The zero-order valence-electron chi connectivity index (χ0n) is 20.2. The molecule has 0 amide bonds. The number of pyridine rings is 1. The number of aryl methyl sites for hydroxylation is 1. The maximum absolute atomic E-state index is 6.13. The van der Waals surface area contributed by atoms with Gasteiger partial charge >= 0.3 is 0 Å². The Labute approximate surface area is 192 Å². The molecule has 0 bridgehead atoms. The molecular weight excluding hydrogens is 400 g/mol. The molecule has 174 valence electrons. The van der Waals surface area contributed by atoms with Gasteiger partial charge in [-0.15, -0.1) is 0 Å². The van der Waals surface area contributed by atoms with Crippen LogP contribution in [0.25, 0.3) is 0 Å². The van der Waals surface area contributed by atoms with Crippen molar-refractivity contribution in [3.8, 4) is 5.75 Å². The van der Waals surface area contributed by atoms with Gasteiger partial charge < -0.3 is 25.2 Å². The third kappa shape index (κ3) is 6.85. The minimum Gasteiger partial charge on any atom is -0.490 e. The van der Waals surface area contributed by atoms with Gasteiger partial charge in [0.25, 0.3) is 0 Å². The quantitative estimate of drug-likeness (QED) is 0.488. The summed E-state index contributed by atoms with van der Waals surface area (Å²) in [5.74, 6) is 2.75. The minimum absolute atomic E-state index is 0.189. The zero-order valence-corrected chi connectivity index (χ0v) is 20.2. The molecule has 1 fully saturated rings. The highest BCUT2D eigenvalue weighted by molar-refractivity contribution is 5.79. The van der Waals surface area contributed by atoms with Crippen LogP contribution in [0.2, 0.25) is 0 Å². The van der Waals surface area contributed by atoms with E-state index < -0.39 is 0 Å². The number of rotatable bonds is 8. The highest BCUT2D eigenvalue weighted by Gasteiger charge is 2.15. The summed E-state index contributed by atoms with van der Waals surface area (Å²) in [6.07, 6.45) is 3.06. The second kappa shape index (κ2) is 11.7. The van der Waals surface area contributed by atoms with Crippen molar-refractivity contribution in [1.82, 2.24) is 20.5 Å². The summed E-state index contributed by atoms with van der Waals surface area (Å²) < 4.78 is 6.13. The Hall–Kier alpha value is -2.80. The predicted molar refractivity (Wildman–Crippen MR) is 133 cm³/mol. The summed E-state index contributed by atoms with van der Waals surface area (Å²) in [6, 6.07) is 10.6. The Kier molecular flexibility index (Phi) is 8.73. The number of piperazine rings is 1. The highest BCUT2D eigenvalue weighted by Crippen LogP contribution is 2.22. The van der Waals surface area contributed by atoms with Crippen LogP contribution in [-0.4, -0.2) is 62.2 Å². The van der Waals surface area contributed by atoms with Gasteiger partial charge in [-0.2, -0.15) is 0 Å². The van der Waals surface area contributed by atoms with Crippen molar-refractivity contribution in [2.75, 3.05) is 45.2 Å². The molecule has 1 saturated heterocycles. The lowest BCUT2D eigenvalue weighted by Gasteiger charge is -2.33. The van der Waals surface area contributed by atoms with E-state index in [0.717, 1.165) is 55.7 Å². The maximum Gasteiger partial charge on any atom is 0.191 e. The van der Waals surface area contributed by atoms with Gasteiger partial charge in [0.15, 0.2) is 5.96 Å². The van der Waals surface area contributed by atoms with Gasteiger partial charge in [-0.25, -0.2) is 4.98 Å². The summed E-state index contributed by atoms with van der Waals surface area (Å²) in [7, 11) is 3.96. The average molecular weight is 439 g/mol. The molecule has 0 spiro atoms. The van der Waals surface area contributed by atoms with Crippen LogP contribution in [0.3, 0.4) is 0 Å². The first-order chi connectivity index (χ1) is 15.5. The van der Waals surface area contributed by atoms with Crippen molar-refractivity contribution < 1.29 is 4.74 Å². The van der Waals surface area contributed by atoms with Crippen molar-refractivity contribution in [2.24, 2.45) is 4.99 Å². The van der Waals surface area contributed by atoms with E-state index in [9.17, 15) is 0 Å². The number of nitrogens with one attached hydrogen (secondary N) is 2. The molecule has 1 unspecified atom stereocenters. The lowest BCUT2D eigenvalue weighted by molar-refractivity contribution is 0.215. The smallest absolute Gasteiger partial charge is 0.191 e. The third-order valence-electron chi connectivity index (χ3n) is 5.89. The molecule has 32 heavy (non-hydrogen) atoms. The summed E-state index contributed by atoms with van der Waals surface area (Å²) in [5.41, 5.74) is 3.51. The van der Waals surface area contributed by atoms with Crippen molar-refractivity contribution in [3.05, 3.63) is 53.2 Å². The first-order valence-electron chi connectivity index (χ1n) is 11.6. The Morgan fingerprint density at radius 2 is 1.88 bits per heavy atom. The van der Waals surface area contributed by atoms with Gasteiger partial charge in [-0.05, 0) is 56.6 Å². The summed E-state index contributed by atoms with van der Waals surface area (Å²) in [4.78, 5) is 13.7. The van der Waals surface area contributed by atoms with Crippen LogP contribution in [0.1, 0.15) is 37.0 Å². The normalized spacial score (nSPS) is 16.0. The maximum atomic E-state index is 6.13. The molecule has 1 aromatic heterocycles. The molecule has 2 N–H and O–H groups in total. The van der Waals surface area contributed by atoms with Gasteiger partial charge in [-0.3, -0.25) is 4.99 Å². The number of benzene rings is 1. The van der Waals surface area contributed by atoms with E-state index in [1.165, 1.54) is 11.1 Å². The Morgan fingerprint density at radius 3 is 2.59 bits per heavy atom. The summed E-state index contributed by atoms with van der Waals surface area (Å²) in [5, 5.41) is 6.84. The van der Waals surface area contributed by atoms with Gasteiger partial charge in [-0.1, -0.05) is 19.1 Å². The van der Waals surface area contributed by atoms with Crippen LogP contribution in [0.5, 0.6) is 5.75 Å². The molecule has 0 aliphatic carbocycles. The van der Waals surface area contributed by atoms with E-state index in [1.54, 1.807) is 7.05 Å². The van der Waals surface area contributed by atoms with Crippen LogP contribution in [-0.2, 0) is 13.1 Å². The van der Waals surface area contributed by atoms with Gasteiger partial charge in [0, 0.05) is 58.1 Å². The predicted octanol–water partition coefficient (Wildman–Crippen LogP) is 3.18. The number of hydrogen-bond acceptors (Lipinski definition) is 5. The number of ether oxygens (including phenoxy) is 1. The number of nitrogens with zero attached hydrogens (tertiary/aromatic N) is 4. The molecule has 1 aliphatic heterocycles. The molecule has 7 heteroatoms. The first-order valence-corrected chi connectivity index (χ1v) is 11.6. The molecule has 0 saturated carbocycles. The topological polar surface area (TPSA) is 65.0 Å². The SMILES string of the molecule is CCC(C)Oc1cc(C)ccc1CNC(=NC)NCc1ccnc(N2CCN(C)CC2)c1. The van der Waals surface area contributed by atoms with Crippen molar-refractivity contribution in [3.63, 3.8) is 0 Å². The fraction of sp³-hybridized carbons (Fsp3) is 0.520. The molecular formula is C25H38N6O. The Morgan fingerprint density at radius 1 is 1.12 bits per heavy atom. The van der Waals surface area contributed by atoms with Crippen molar-refractivity contribution in [1.29, 1.82) is 0 Å². The average Bonchev–Trinajstić information content (AvgIpc) is 2.81. The number of anilines is 1. The second-order valence-electron chi connectivity index (χ2n) is 8.54. The minimum atomic E-state index is 0.189. The Bertz CT molecular complexity index is 892. The van der Waals surface area contributed by atoms with Crippen LogP contribution in [0, 0.1) is 6.92 Å². The first kappa shape index (κ1) is 23.9. The van der Waals surface area contributed by atoms with Crippen LogP contribution < -0.4 is 20.3 Å².